The molecule has 0 fully saturated rings. The molecule has 2 rings (SSSR count). The third-order valence-corrected chi connectivity index (χ3v) is 3.20. The molecule has 24 heavy (non-hydrogen) atoms. The lowest BCUT2D eigenvalue weighted by Gasteiger charge is -2.11. The van der Waals surface area contributed by atoms with E-state index in [0.29, 0.717) is 13.0 Å². The van der Waals surface area contributed by atoms with Crippen molar-refractivity contribution >= 4 is 11.7 Å². The van der Waals surface area contributed by atoms with E-state index in [-0.39, 0.29) is 29.2 Å². The second-order valence-corrected chi connectivity index (χ2v) is 4.90. The van der Waals surface area contributed by atoms with Crippen LogP contribution in [0.5, 0.6) is 5.75 Å². The number of benzene rings is 1. The molecule has 0 aliphatic rings. The van der Waals surface area contributed by atoms with E-state index in [9.17, 15) is 13.6 Å². The van der Waals surface area contributed by atoms with Crippen molar-refractivity contribution in [3.8, 4) is 5.75 Å². The number of hydrogen-bond acceptors (Lipinski definition) is 4. The molecular weight excluding hydrogens is 316 g/mol. The lowest BCUT2D eigenvalue weighted by molar-refractivity contribution is 0.0951. The maximum Gasteiger partial charge on any atom is 0.255 e. The van der Waals surface area contributed by atoms with Crippen LogP contribution in [0.3, 0.4) is 0 Å². The molecule has 0 saturated carbocycles. The maximum absolute atomic E-state index is 14.3. The molecular formula is C17H17F2N3O2. The van der Waals surface area contributed by atoms with Gasteiger partial charge in [-0.3, -0.25) is 4.79 Å². The highest BCUT2D eigenvalue weighted by Crippen LogP contribution is 2.21. The summed E-state index contributed by atoms with van der Waals surface area (Å²) in [5, 5.41) is 2.52. The van der Waals surface area contributed by atoms with Gasteiger partial charge in [0.25, 0.3) is 5.91 Å². The summed E-state index contributed by atoms with van der Waals surface area (Å²) in [7, 11) is 0. The molecule has 0 aliphatic heterocycles. The predicted molar refractivity (Wildman–Crippen MR) is 86.5 cm³/mol. The quantitative estimate of drug-likeness (QED) is 0.464. The van der Waals surface area contributed by atoms with E-state index >= 15 is 0 Å². The number of anilines is 1. The zero-order chi connectivity index (χ0) is 17.5. The monoisotopic (exact) mass is 333 g/mol. The van der Waals surface area contributed by atoms with Gasteiger partial charge in [-0.2, -0.15) is 4.39 Å². The number of rotatable bonds is 7. The predicted octanol–water partition coefficient (Wildman–Crippen LogP) is 2.83. The van der Waals surface area contributed by atoms with Crippen molar-refractivity contribution in [3.05, 3.63) is 65.9 Å². The van der Waals surface area contributed by atoms with E-state index in [1.165, 1.54) is 18.2 Å². The van der Waals surface area contributed by atoms with Gasteiger partial charge in [0.2, 0.25) is 5.95 Å². The second kappa shape index (κ2) is 8.05. The van der Waals surface area contributed by atoms with Gasteiger partial charge in [-0.25, -0.2) is 9.37 Å². The number of nitrogen functional groups attached to an aromatic ring is 1. The number of carbonyl (C=O) groups is 1. The number of aromatic nitrogens is 1. The zero-order valence-electron chi connectivity index (χ0n) is 12.9. The number of hydrogen-bond donors (Lipinski definition) is 2. The average Bonchev–Trinajstić information content (AvgIpc) is 2.55. The molecule has 0 radical (unpaired) electrons. The van der Waals surface area contributed by atoms with Crippen LogP contribution in [0.25, 0.3) is 0 Å². The third kappa shape index (κ3) is 4.28. The van der Waals surface area contributed by atoms with E-state index in [2.05, 4.69) is 16.9 Å². The molecule has 5 nitrogen and oxygen atoms in total. The number of nitrogens with two attached hydrogens (primary N) is 1. The fourth-order valence-electron chi connectivity index (χ4n) is 1.97. The molecule has 0 spiro atoms. The van der Waals surface area contributed by atoms with Crippen molar-refractivity contribution in [1.82, 2.24) is 10.3 Å². The lowest BCUT2D eigenvalue weighted by atomic mass is 10.2. The first kappa shape index (κ1) is 17.4. The van der Waals surface area contributed by atoms with Crippen molar-refractivity contribution in [2.45, 2.75) is 13.0 Å². The van der Waals surface area contributed by atoms with Gasteiger partial charge < -0.3 is 15.8 Å². The topological polar surface area (TPSA) is 77.2 Å². The molecule has 1 amide bonds. The van der Waals surface area contributed by atoms with E-state index < -0.39 is 17.7 Å². The standard InChI is InChI=1S/C17H17F2N3O2/c1-2-3-9-24-13-6-4-5-11(15(13)19)10-21-17(23)12-7-8-14(18)22-16(12)20/h2,4-8H,1,3,9-10H2,(H2,20,22)(H,21,23). The Bertz CT molecular complexity index is 751. The Morgan fingerprint density at radius 3 is 2.83 bits per heavy atom. The number of carbonyl (C=O) groups excluding carboxylic acids is 1. The van der Waals surface area contributed by atoms with Gasteiger partial charge in [-0.1, -0.05) is 18.2 Å². The highest BCUT2D eigenvalue weighted by Gasteiger charge is 2.14. The Morgan fingerprint density at radius 2 is 2.12 bits per heavy atom. The molecule has 0 bridgehead atoms. The highest BCUT2D eigenvalue weighted by atomic mass is 19.1. The first-order valence-corrected chi connectivity index (χ1v) is 7.24. The van der Waals surface area contributed by atoms with Crippen LogP contribution in [-0.2, 0) is 6.54 Å². The van der Waals surface area contributed by atoms with Crippen molar-refractivity contribution < 1.29 is 18.3 Å². The lowest BCUT2D eigenvalue weighted by Crippen LogP contribution is -2.24. The molecule has 1 heterocycles. The van der Waals surface area contributed by atoms with Crippen molar-refractivity contribution in [2.24, 2.45) is 0 Å². The number of ether oxygens (including phenoxy) is 1. The summed E-state index contributed by atoms with van der Waals surface area (Å²) in [5.41, 5.74) is 5.78. The van der Waals surface area contributed by atoms with Gasteiger partial charge in [0.1, 0.15) is 5.82 Å². The van der Waals surface area contributed by atoms with Crippen LogP contribution in [0, 0.1) is 11.8 Å². The van der Waals surface area contributed by atoms with Crippen molar-refractivity contribution in [3.63, 3.8) is 0 Å². The van der Waals surface area contributed by atoms with Gasteiger partial charge in [-0.05, 0) is 24.6 Å². The Labute approximate surface area is 138 Å². The minimum absolute atomic E-state index is 0.0233. The van der Waals surface area contributed by atoms with E-state index in [1.807, 2.05) is 0 Å². The summed E-state index contributed by atoms with van der Waals surface area (Å²) in [6, 6.07) is 6.91. The number of halogens is 2. The third-order valence-electron chi connectivity index (χ3n) is 3.20. The van der Waals surface area contributed by atoms with E-state index in [0.717, 1.165) is 6.07 Å². The van der Waals surface area contributed by atoms with Crippen LogP contribution in [-0.4, -0.2) is 17.5 Å². The fourth-order valence-corrected chi connectivity index (χ4v) is 1.97. The second-order valence-electron chi connectivity index (χ2n) is 4.90. The summed E-state index contributed by atoms with van der Waals surface area (Å²) < 4.78 is 32.5. The van der Waals surface area contributed by atoms with Crippen LogP contribution in [0.2, 0.25) is 0 Å². The molecule has 0 unspecified atom stereocenters. The van der Waals surface area contributed by atoms with Gasteiger partial charge >= 0.3 is 0 Å². The molecule has 3 N–H and O–H groups in total. The smallest absolute Gasteiger partial charge is 0.255 e. The summed E-state index contributed by atoms with van der Waals surface area (Å²) in [6.07, 6.45) is 2.26. The van der Waals surface area contributed by atoms with Gasteiger partial charge in [0.15, 0.2) is 11.6 Å². The molecule has 0 aliphatic carbocycles. The van der Waals surface area contributed by atoms with E-state index in [1.54, 1.807) is 12.1 Å². The fraction of sp³-hybridized carbons (Fsp3) is 0.176. The molecule has 0 saturated heterocycles. The van der Waals surface area contributed by atoms with Crippen LogP contribution < -0.4 is 15.8 Å². The summed E-state index contributed by atoms with van der Waals surface area (Å²) in [5.74, 6) is -2.02. The van der Waals surface area contributed by atoms with Gasteiger partial charge in [-0.15, -0.1) is 6.58 Å². The molecule has 2 aromatic rings. The number of nitrogens with zero attached hydrogens (tertiary/aromatic N) is 1. The van der Waals surface area contributed by atoms with Gasteiger partial charge in [0.05, 0.1) is 12.2 Å². The largest absolute Gasteiger partial charge is 0.490 e. The van der Waals surface area contributed by atoms with E-state index in [4.69, 9.17) is 10.5 Å². The van der Waals surface area contributed by atoms with Crippen LogP contribution in [0.1, 0.15) is 22.3 Å². The average molecular weight is 333 g/mol. The molecule has 7 heteroatoms. The molecule has 1 aromatic carbocycles. The van der Waals surface area contributed by atoms with Crippen LogP contribution in [0.15, 0.2) is 43.0 Å². The van der Waals surface area contributed by atoms with Gasteiger partial charge in [0, 0.05) is 12.1 Å². The first-order valence-electron chi connectivity index (χ1n) is 7.24. The Morgan fingerprint density at radius 1 is 1.33 bits per heavy atom. The van der Waals surface area contributed by atoms with Crippen molar-refractivity contribution in [2.75, 3.05) is 12.3 Å². The maximum atomic E-state index is 14.3. The minimum Gasteiger partial charge on any atom is -0.490 e. The normalized spacial score (nSPS) is 10.2. The Hall–Kier alpha value is -2.96. The minimum atomic E-state index is -0.778. The molecule has 1 aromatic heterocycles. The SMILES string of the molecule is C=CCCOc1cccc(CNC(=O)c2ccc(F)nc2N)c1F. The first-order chi connectivity index (χ1) is 11.5. The van der Waals surface area contributed by atoms with Crippen molar-refractivity contribution in [1.29, 1.82) is 0 Å². The summed E-state index contributed by atoms with van der Waals surface area (Å²) in [4.78, 5) is 15.4. The van der Waals surface area contributed by atoms with Crippen LogP contribution in [0.4, 0.5) is 14.6 Å². The molecule has 0 atom stereocenters. The Balaban J connectivity index is 2.04. The number of amides is 1. The number of pyridine rings is 1. The zero-order valence-corrected chi connectivity index (χ0v) is 12.9. The summed E-state index contributed by atoms with van der Waals surface area (Å²) >= 11 is 0. The Kier molecular flexibility index (Phi) is 5.83. The highest BCUT2D eigenvalue weighted by molar-refractivity contribution is 5.98. The molecule has 126 valence electrons. The van der Waals surface area contributed by atoms with Crippen LogP contribution >= 0.6 is 0 Å². The number of nitrogens with one attached hydrogen (secondary N) is 1. The summed E-state index contributed by atoms with van der Waals surface area (Å²) in [6.45, 7) is 3.81.